The Kier molecular flexibility index (Phi) is 4.02. The molecule has 18 heavy (non-hydrogen) atoms. The van der Waals surface area contributed by atoms with E-state index in [1.54, 1.807) is 6.20 Å². The first-order chi connectivity index (χ1) is 8.61. The number of nitrogens with zero attached hydrogens (tertiary/aromatic N) is 1. The van der Waals surface area contributed by atoms with E-state index in [-0.39, 0.29) is 5.78 Å². The van der Waals surface area contributed by atoms with E-state index in [1.165, 1.54) is 0 Å². The smallest absolute Gasteiger partial charge is 0.163 e. The molecule has 94 valence electrons. The standard InChI is InChI=1S/C15H17NOS/c1-3-10(2)7-13(17)12-8-11-5-4-6-16-15(11)14(18)9-12/h4-6,8-10,18H,3,7H2,1-2H3. The first-order valence-electron chi connectivity index (χ1n) is 6.22. The molecule has 2 nitrogen and oxygen atoms in total. The Morgan fingerprint density at radius 3 is 2.94 bits per heavy atom. The third-order valence-electron chi connectivity index (χ3n) is 3.24. The molecule has 0 aliphatic rings. The Morgan fingerprint density at radius 1 is 1.44 bits per heavy atom. The van der Waals surface area contributed by atoms with Gasteiger partial charge in [-0.2, -0.15) is 0 Å². The minimum Gasteiger partial charge on any atom is -0.294 e. The van der Waals surface area contributed by atoms with Gasteiger partial charge in [0.15, 0.2) is 5.78 Å². The monoisotopic (exact) mass is 259 g/mol. The molecule has 1 atom stereocenters. The van der Waals surface area contributed by atoms with Crippen molar-refractivity contribution in [2.24, 2.45) is 5.92 Å². The van der Waals surface area contributed by atoms with Crippen molar-refractivity contribution in [1.29, 1.82) is 0 Å². The van der Waals surface area contributed by atoms with Crippen LogP contribution in [0.4, 0.5) is 0 Å². The lowest BCUT2D eigenvalue weighted by Crippen LogP contribution is -2.05. The summed E-state index contributed by atoms with van der Waals surface area (Å²) in [6, 6.07) is 7.57. The molecule has 0 aliphatic carbocycles. The third kappa shape index (κ3) is 2.72. The number of rotatable bonds is 4. The van der Waals surface area contributed by atoms with Crippen LogP contribution in [0.25, 0.3) is 10.9 Å². The molecule has 1 heterocycles. The summed E-state index contributed by atoms with van der Waals surface area (Å²) in [5.41, 5.74) is 1.58. The van der Waals surface area contributed by atoms with E-state index in [0.717, 1.165) is 27.8 Å². The summed E-state index contributed by atoms with van der Waals surface area (Å²) >= 11 is 4.41. The lowest BCUT2D eigenvalue weighted by Gasteiger charge is -2.09. The Balaban J connectivity index is 2.37. The molecule has 0 fully saturated rings. The van der Waals surface area contributed by atoms with Gasteiger partial charge < -0.3 is 0 Å². The van der Waals surface area contributed by atoms with E-state index in [1.807, 2.05) is 24.3 Å². The largest absolute Gasteiger partial charge is 0.294 e. The van der Waals surface area contributed by atoms with Gasteiger partial charge in [-0.15, -0.1) is 12.6 Å². The molecular formula is C15H17NOS. The van der Waals surface area contributed by atoms with Crippen LogP contribution in [0.1, 0.15) is 37.0 Å². The predicted molar refractivity (Wildman–Crippen MR) is 77.4 cm³/mol. The van der Waals surface area contributed by atoms with Crippen LogP contribution in [0.5, 0.6) is 0 Å². The first kappa shape index (κ1) is 13.1. The van der Waals surface area contributed by atoms with Gasteiger partial charge in [-0.1, -0.05) is 26.3 Å². The summed E-state index contributed by atoms with van der Waals surface area (Å²) in [4.78, 5) is 17.2. The maximum absolute atomic E-state index is 12.2. The highest BCUT2D eigenvalue weighted by Gasteiger charge is 2.12. The SMILES string of the molecule is CCC(C)CC(=O)c1cc(S)c2ncccc2c1. The van der Waals surface area contributed by atoms with Gasteiger partial charge >= 0.3 is 0 Å². The lowest BCUT2D eigenvalue weighted by atomic mass is 9.97. The number of Topliss-reactive ketones (excluding diaryl/α,β-unsaturated/α-hetero) is 1. The lowest BCUT2D eigenvalue weighted by molar-refractivity contribution is 0.0963. The van der Waals surface area contributed by atoms with Crippen molar-refractivity contribution in [2.45, 2.75) is 31.6 Å². The number of hydrogen-bond acceptors (Lipinski definition) is 3. The zero-order valence-corrected chi connectivity index (χ0v) is 11.6. The minimum absolute atomic E-state index is 0.186. The van der Waals surface area contributed by atoms with Crippen LogP contribution in [0.15, 0.2) is 35.4 Å². The zero-order valence-electron chi connectivity index (χ0n) is 10.7. The summed E-state index contributed by atoms with van der Waals surface area (Å²) in [6.45, 7) is 4.20. The van der Waals surface area contributed by atoms with Gasteiger partial charge in [-0.05, 0) is 24.1 Å². The van der Waals surface area contributed by atoms with E-state index < -0.39 is 0 Å². The Bertz CT molecular complexity index is 580. The van der Waals surface area contributed by atoms with Gasteiger partial charge in [-0.3, -0.25) is 9.78 Å². The number of carbonyl (C=O) groups excluding carboxylic acids is 1. The highest BCUT2D eigenvalue weighted by molar-refractivity contribution is 7.80. The van der Waals surface area contributed by atoms with Crippen LogP contribution in [0.2, 0.25) is 0 Å². The number of benzene rings is 1. The summed E-state index contributed by atoms with van der Waals surface area (Å²) < 4.78 is 0. The normalized spacial score (nSPS) is 12.6. The van der Waals surface area contributed by atoms with Crippen molar-refractivity contribution in [2.75, 3.05) is 0 Å². The average Bonchev–Trinajstić information content (AvgIpc) is 2.38. The molecular weight excluding hydrogens is 242 g/mol. The summed E-state index contributed by atoms with van der Waals surface area (Å²) in [5.74, 6) is 0.607. The van der Waals surface area contributed by atoms with Crippen LogP contribution in [0, 0.1) is 5.92 Å². The van der Waals surface area contributed by atoms with Crippen molar-refractivity contribution >= 4 is 29.3 Å². The minimum atomic E-state index is 0.186. The second-order valence-electron chi connectivity index (χ2n) is 4.71. The average molecular weight is 259 g/mol. The highest BCUT2D eigenvalue weighted by Crippen LogP contribution is 2.23. The van der Waals surface area contributed by atoms with Gasteiger partial charge in [0.25, 0.3) is 0 Å². The predicted octanol–water partition coefficient (Wildman–Crippen LogP) is 4.14. The highest BCUT2D eigenvalue weighted by atomic mass is 32.1. The number of hydrogen-bond donors (Lipinski definition) is 1. The molecule has 0 aliphatic heterocycles. The fourth-order valence-corrected chi connectivity index (χ4v) is 2.24. The fraction of sp³-hybridized carbons (Fsp3) is 0.333. The summed E-state index contributed by atoms with van der Waals surface area (Å²) in [6.07, 6.45) is 3.35. The van der Waals surface area contributed by atoms with E-state index in [4.69, 9.17) is 0 Å². The molecule has 0 saturated carbocycles. The van der Waals surface area contributed by atoms with Crippen LogP contribution in [0.3, 0.4) is 0 Å². The van der Waals surface area contributed by atoms with Gasteiger partial charge in [0, 0.05) is 28.5 Å². The van der Waals surface area contributed by atoms with Gasteiger partial charge in [0.1, 0.15) is 0 Å². The number of carbonyl (C=O) groups is 1. The maximum atomic E-state index is 12.2. The van der Waals surface area contributed by atoms with Crippen LogP contribution in [-0.2, 0) is 0 Å². The molecule has 0 saturated heterocycles. The fourth-order valence-electron chi connectivity index (χ4n) is 1.91. The molecule has 1 unspecified atom stereocenters. The van der Waals surface area contributed by atoms with Crippen molar-refractivity contribution in [3.8, 4) is 0 Å². The van der Waals surface area contributed by atoms with E-state index >= 15 is 0 Å². The van der Waals surface area contributed by atoms with Crippen LogP contribution in [-0.4, -0.2) is 10.8 Å². The Labute approximate surface area is 113 Å². The molecule has 0 bridgehead atoms. The molecule has 3 heteroatoms. The molecule has 2 aromatic rings. The molecule has 1 aromatic carbocycles. The number of ketones is 1. The molecule has 0 amide bonds. The molecule has 2 rings (SSSR count). The quantitative estimate of drug-likeness (QED) is 0.660. The topological polar surface area (TPSA) is 30.0 Å². The van der Waals surface area contributed by atoms with Crippen molar-refractivity contribution in [3.63, 3.8) is 0 Å². The Hall–Kier alpha value is -1.35. The number of aromatic nitrogens is 1. The first-order valence-corrected chi connectivity index (χ1v) is 6.67. The van der Waals surface area contributed by atoms with Gasteiger partial charge in [0.2, 0.25) is 0 Å². The van der Waals surface area contributed by atoms with Crippen molar-refractivity contribution in [3.05, 3.63) is 36.0 Å². The zero-order chi connectivity index (χ0) is 13.1. The second-order valence-corrected chi connectivity index (χ2v) is 5.19. The summed E-state index contributed by atoms with van der Waals surface area (Å²) in [7, 11) is 0. The number of thiol groups is 1. The summed E-state index contributed by atoms with van der Waals surface area (Å²) in [5, 5.41) is 0.970. The van der Waals surface area contributed by atoms with Crippen molar-refractivity contribution in [1.82, 2.24) is 4.98 Å². The molecule has 1 aromatic heterocycles. The van der Waals surface area contributed by atoms with Crippen molar-refractivity contribution < 1.29 is 4.79 Å². The number of fused-ring (bicyclic) bond motifs is 1. The third-order valence-corrected chi connectivity index (χ3v) is 3.58. The molecule has 0 spiro atoms. The molecule has 0 N–H and O–H groups in total. The van der Waals surface area contributed by atoms with Crippen LogP contribution >= 0.6 is 12.6 Å². The van der Waals surface area contributed by atoms with E-state index in [2.05, 4.69) is 31.5 Å². The Morgan fingerprint density at radius 2 is 2.22 bits per heavy atom. The van der Waals surface area contributed by atoms with Crippen LogP contribution < -0.4 is 0 Å². The van der Waals surface area contributed by atoms with Gasteiger partial charge in [0.05, 0.1) is 5.52 Å². The maximum Gasteiger partial charge on any atom is 0.163 e. The number of pyridine rings is 1. The van der Waals surface area contributed by atoms with E-state index in [0.29, 0.717) is 12.3 Å². The second kappa shape index (κ2) is 5.53. The molecule has 0 radical (unpaired) electrons. The van der Waals surface area contributed by atoms with Gasteiger partial charge in [-0.25, -0.2) is 0 Å². The van der Waals surface area contributed by atoms with E-state index in [9.17, 15) is 4.79 Å².